The molecule has 3 nitrogen and oxygen atoms in total. The average Bonchev–Trinajstić information content (AvgIpc) is 3.23. The summed E-state index contributed by atoms with van der Waals surface area (Å²) in [7, 11) is 0. The van der Waals surface area contributed by atoms with E-state index in [4.69, 9.17) is 0 Å². The van der Waals surface area contributed by atoms with Crippen molar-refractivity contribution in [2.75, 3.05) is 6.54 Å². The van der Waals surface area contributed by atoms with Crippen LogP contribution in [-0.4, -0.2) is 23.4 Å². The highest BCUT2D eigenvalue weighted by Crippen LogP contribution is 2.38. The summed E-state index contributed by atoms with van der Waals surface area (Å²) in [6, 6.07) is 8.42. The van der Waals surface area contributed by atoms with Crippen molar-refractivity contribution in [2.45, 2.75) is 45.8 Å². The Kier molecular flexibility index (Phi) is 3.55. The van der Waals surface area contributed by atoms with Crippen molar-refractivity contribution in [1.82, 2.24) is 10.2 Å². The highest BCUT2D eigenvalue weighted by atomic mass is 16.2. The Morgan fingerprint density at radius 3 is 2.55 bits per heavy atom. The van der Waals surface area contributed by atoms with Crippen LogP contribution in [0.3, 0.4) is 0 Å². The summed E-state index contributed by atoms with van der Waals surface area (Å²) in [4.78, 5) is 14.4. The van der Waals surface area contributed by atoms with Crippen molar-refractivity contribution in [3.05, 3.63) is 35.4 Å². The fourth-order valence-corrected chi connectivity index (χ4v) is 3.12. The number of hydrogen-bond acceptors (Lipinski definition) is 2. The quantitative estimate of drug-likeness (QED) is 0.914. The van der Waals surface area contributed by atoms with E-state index in [1.54, 1.807) is 0 Å². The van der Waals surface area contributed by atoms with Crippen LogP contribution in [0, 0.1) is 18.8 Å². The van der Waals surface area contributed by atoms with Crippen molar-refractivity contribution in [2.24, 2.45) is 11.8 Å². The molecule has 3 rings (SSSR count). The topological polar surface area (TPSA) is 32.3 Å². The van der Waals surface area contributed by atoms with Crippen LogP contribution >= 0.6 is 0 Å². The third kappa shape index (κ3) is 2.59. The summed E-state index contributed by atoms with van der Waals surface area (Å²) in [6.45, 7) is 7.21. The van der Waals surface area contributed by atoms with Crippen LogP contribution in [0.4, 0.5) is 0 Å². The molecule has 3 unspecified atom stereocenters. The molecule has 1 aromatic rings. The molecule has 1 amide bonds. The molecule has 3 heteroatoms. The van der Waals surface area contributed by atoms with Crippen molar-refractivity contribution in [3.63, 3.8) is 0 Å². The van der Waals surface area contributed by atoms with Crippen molar-refractivity contribution in [1.29, 1.82) is 0 Å². The van der Waals surface area contributed by atoms with E-state index in [-0.39, 0.29) is 18.1 Å². The molecule has 1 saturated heterocycles. The van der Waals surface area contributed by atoms with Crippen LogP contribution in [-0.2, 0) is 4.79 Å². The number of nitrogens with one attached hydrogen (secondary N) is 1. The zero-order valence-electron chi connectivity index (χ0n) is 12.6. The van der Waals surface area contributed by atoms with Gasteiger partial charge in [0.05, 0.1) is 6.04 Å². The van der Waals surface area contributed by atoms with Crippen LogP contribution in [0.5, 0.6) is 0 Å². The lowest BCUT2D eigenvalue weighted by Crippen LogP contribution is -2.35. The maximum atomic E-state index is 12.4. The van der Waals surface area contributed by atoms with Crippen LogP contribution in [0.1, 0.15) is 44.0 Å². The molecule has 0 spiro atoms. The second-order valence-corrected chi connectivity index (χ2v) is 6.51. The molecule has 0 aromatic heterocycles. The van der Waals surface area contributed by atoms with Gasteiger partial charge in [-0.05, 0) is 44.1 Å². The molecule has 1 N–H and O–H groups in total. The summed E-state index contributed by atoms with van der Waals surface area (Å²) in [5.74, 6) is 1.68. The van der Waals surface area contributed by atoms with E-state index in [2.05, 4.69) is 43.4 Å². The SMILES string of the molecule is Cc1ccc(C2NC(C)C(=O)N2CC(C)C2CC2)cc1. The molecule has 1 aliphatic heterocycles. The van der Waals surface area contributed by atoms with Gasteiger partial charge >= 0.3 is 0 Å². The minimum atomic E-state index is -0.0762. The normalized spacial score (nSPS) is 27.9. The summed E-state index contributed by atoms with van der Waals surface area (Å²) in [6.07, 6.45) is 2.71. The van der Waals surface area contributed by atoms with Gasteiger partial charge in [-0.1, -0.05) is 36.8 Å². The highest BCUT2D eigenvalue weighted by molar-refractivity contribution is 5.84. The van der Waals surface area contributed by atoms with E-state index in [9.17, 15) is 4.79 Å². The number of hydrogen-bond donors (Lipinski definition) is 1. The standard InChI is InChI=1S/C17H24N2O/c1-11-4-6-15(7-5-11)16-18-13(3)17(20)19(16)10-12(2)14-8-9-14/h4-7,12-14,16,18H,8-10H2,1-3H3. The van der Waals surface area contributed by atoms with Crippen LogP contribution in [0.2, 0.25) is 0 Å². The monoisotopic (exact) mass is 272 g/mol. The second kappa shape index (κ2) is 5.21. The van der Waals surface area contributed by atoms with Gasteiger partial charge in [0.15, 0.2) is 0 Å². The Morgan fingerprint density at radius 1 is 1.30 bits per heavy atom. The predicted octanol–water partition coefficient (Wildman–Crippen LogP) is 2.86. The molecular weight excluding hydrogens is 248 g/mol. The molecule has 1 saturated carbocycles. The first-order valence-electron chi connectivity index (χ1n) is 7.69. The van der Waals surface area contributed by atoms with Crippen LogP contribution in [0.25, 0.3) is 0 Å². The summed E-state index contributed by atoms with van der Waals surface area (Å²) < 4.78 is 0. The lowest BCUT2D eigenvalue weighted by molar-refractivity contribution is -0.130. The highest BCUT2D eigenvalue weighted by Gasteiger charge is 2.39. The van der Waals surface area contributed by atoms with E-state index < -0.39 is 0 Å². The molecule has 20 heavy (non-hydrogen) atoms. The molecular formula is C17H24N2O. The van der Waals surface area contributed by atoms with E-state index in [1.807, 2.05) is 11.8 Å². The lowest BCUT2D eigenvalue weighted by atomic mass is 10.0. The van der Waals surface area contributed by atoms with Crippen LogP contribution < -0.4 is 5.32 Å². The number of rotatable bonds is 4. The molecule has 1 aliphatic carbocycles. The molecule has 0 radical (unpaired) electrons. The van der Waals surface area contributed by atoms with Crippen molar-refractivity contribution < 1.29 is 4.79 Å². The Balaban J connectivity index is 1.79. The third-order valence-electron chi connectivity index (χ3n) is 4.68. The number of nitrogens with zero attached hydrogens (tertiary/aromatic N) is 1. The fraction of sp³-hybridized carbons (Fsp3) is 0.588. The van der Waals surface area contributed by atoms with Gasteiger partial charge in [0.2, 0.25) is 5.91 Å². The summed E-state index contributed by atoms with van der Waals surface area (Å²) >= 11 is 0. The Labute approximate surface area is 121 Å². The largest absolute Gasteiger partial charge is 0.321 e. The maximum absolute atomic E-state index is 12.4. The van der Waals surface area contributed by atoms with E-state index in [0.29, 0.717) is 5.92 Å². The lowest BCUT2D eigenvalue weighted by Gasteiger charge is -2.27. The number of amides is 1. The average molecular weight is 272 g/mol. The second-order valence-electron chi connectivity index (χ2n) is 6.51. The van der Waals surface area contributed by atoms with Gasteiger partial charge in [-0.15, -0.1) is 0 Å². The Hall–Kier alpha value is -1.35. The van der Waals surface area contributed by atoms with E-state index >= 15 is 0 Å². The zero-order chi connectivity index (χ0) is 14.3. The first-order valence-corrected chi connectivity index (χ1v) is 7.69. The number of benzene rings is 1. The number of carbonyl (C=O) groups is 1. The predicted molar refractivity (Wildman–Crippen MR) is 80.1 cm³/mol. The number of aryl methyl sites for hydroxylation is 1. The van der Waals surface area contributed by atoms with Gasteiger partial charge < -0.3 is 4.90 Å². The first kappa shape index (κ1) is 13.6. The van der Waals surface area contributed by atoms with Gasteiger partial charge in [0, 0.05) is 6.54 Å². The molecule has 1 aromatic carbocycles. The third-order valence-corrected chi connectivity index (χ3v) is 4.68. The smallest absolute Gasteiger partial charge is 0.241 e. The minimum absolute atomic E-state index is 0.0410. The molecule has 0 bridgehead atoms. The Bertz CT molecular complexity index is 492. The summed E-state index contributed by atoms with van der Waals surface area (Å²) in [5, 5.41) is 3.43. The number of carbonyl (C=O) groups excluding carboxylic acids is 1. The molecule has 2 fully saturated rings. The molecule has 3 atom stereocenters. The van der Waals surface area contributed by atoms with Crippen molar-refractivity contribution in [3.8, 4) is 0 Å². The van der Waals surface area contributed by atoms with Gasteiger partial charge in [0.25, 0.3) is 0 Å². The molecule has 1 heterocycles. The van der Waals surface area contributed by atoms with E-state index in [1.165, 1.54) is 24.0 Å². The van der Waals surface area contributed by atoms with Gasteiger partial charge in [-0.2, -0.15) is 0 Å². The van der Waals surface area contributed by atoms with Gasteiger partial charge in [0.1, 0.15) is 6.17 Å². The molecule has 108 valence electrons. The zero-order valence-corrected chi connectivity index (χ0v) is 12.6. The van der Waals surface area contributed by atoms with Gasteiger partial charge in [-0.25, -0.2) is 0 Å². The summed E-state index contributed by atoms with van der Waals surface area (Å²) in [5.41, 5.74) is 2.44. The minimum Gasteiger partial charge on any atom is -0.321 e. The van der Waals surface area contributed by atoms with Gasteiger partial charge in [-0.3, -0.25) is 10.1 Å². The van der Waals surface area contributed by atoms with Crippen molar-refractivity contribution >= 4 is 5.91 Å². The van der Waals surface area contributed by atoms with Crippen LogP contribution in [0.15, 0.2) is 24.3 Å². The Morgan fingerprint density at radius 2 is 1.95 bits per heavy atom. The maximum Gasteiger partial charge on any atom is 0.241 e. The van der Waals surface area contributed by atoms with E-state index in [0.717, 1.165) is 12.5 Å². The first-order chi connectivity index (χ1) is 9.56. The molecule has 2 aliphatic rings. The fourth-order valence-electron chi connectivity index (χ4n) is 3.12.